The summed E-state index contributed by atoms with van der Waals surface area (Å²) in [7, 11) is 2.11. The minimum atomic E-state index is -0.0720. The molecule has 106 valence electrons. The van der Waals surface area contributed by atoms with Crippen molar-refractivity contribution < 1.29 is 0 Å². The summed E-state index contributed by atoms with van der Waals surface area (Å²) in [6.07, 6.45) is 1.08. The van der Waals surface area contributed by atoms with E-state index in [-0.39, 0.29) is 5.56 Å². The highest BCUT2D eigenvalue weighted by atomic mass is 16.1. The van der Waals surface area contributed by atoms with Crippen molar-refractivity contribution in [2.75, 3.05) is 44.7 Å². The van der Waals surface area contributed by atoms with Crippen molar-refractivity contribution >= 4 is 5.95 Å². The quantitative estimate of drug-likeness (QED) is 0.735. The highest BCUT2D eigenvalue weighted by Gasteiger charge is 2.16. The van der Waals surface area contributed by atoms with Crippen LogP contribution in [0.15, 0.2) is 10.9 Å². The molecule has 0 unspecified atom stereocenters. The monoisotopic (exact) mass is 265 g/mol. The molecule has 0 radical (unpaired) electrons. The first-order valence-corrected chi connectivity index (χ1v) is 6.93. The predicted octanol–water partition coefficient (Wildman–Crippen LogP) is 0.0213. The van der Waals surface area contributed by atoms with Gasteiger partial charge < -0.3 is 15.1 Å². The van der Waals surface area contributed by atoms with E-state index in [4.69, 9.17) is 0 Å². The van der Waals surface area contributed by atoms with Crippen LogP contribution in [0.5, 0.6) is 0 Å². The Balaban J connectivity index is 2.05. The van der Waals surface area contributed by atoms with E-state index in [2.05, 4.69) is 39.1 Å². The molecule has 0 bridgehead atoms. The van der Waals surface area contributed by atoms with Gasteiger partial charge in [0.2, 0.25) is 5.95 Å². The third kappa shape index (κ3) is 4.04. The fraction of sp³-hybridized carbons (Fsp3) is 0.692. The zero-order valence-electron chi connectivity index (χ0n) is 11.8. The van der Waals surface area contributed by atoms with Gasteiger partial charge in [-0.25, -0.2) is 4.98 Å². The molecule has 1 aromatic heterocycles. The molecule has 1 aromatic rings. The summed E-state index contributed by atoms with van der Waals surface area (Å²) in [4.78, 5) is 23.5. The van der Waals surface area contributed by atoms with Crippen LogP contribution in [-0.4, -0.2) is 54.6 Å². The molecule has 1 aliphatic rings. The van der Waals surface area contributed by atoms with Gasteiger partial charge in [-0.2, -0.15) is 0 Å². The van der Waals surface area contributed by atoms with E-state index in [9.17, 15) is 4.79 Å². The van der Waals surface area contributed by atoms with Gasteiger partial charge in [-0.1, -0.05) is 6.92 Å². The van der Waals surface area contributed by atoms with Crippen LogP contribution >= 0.6 is 0 Å². The van der Waals surface area contributed by atoms with Gasteiger partial charge in [-0.15, -0.1) is 0 Å². The predicted molar refractivity (Wildman–Crippen MR) is 76.6 cm³/mol. The van der Waals surface area contributed by atoms with E-state index in [0.717, 1.165) is 44.8 Å². The molecular weight excluding hydrogens is 242 g/mol. The van der Waals surface area contributed by atoms with Crippen LogP contribution in [0.2, 0.25) is 0 Å². The Hall–Kier alpha value is -1.40. The summed E-state index contributed by atoms with van der Waals surface area (Å²) >= 11 is 0. The van der Waals surface area contributed by atoms with Gasteiger partial charge in [-0.05, 0) is 20.0 Å². The van der Waals surface area contributed by atoms with Crippen LogP contribution in [0.3, 0.4) is 0 Å². The molecule has 2 N–H and O–H groups in total. The van der Waals surface area contributed by atoms with E-state index in [1.165, 1.54) is 0 Å². The molecule has 6 nitrogen and oxygen atoms in total. The summed E-state index contributed by atoms with van der Waals surface area (Å²) in [5.41, 5.74) is 0.739. The summed E-state index contributed by atoms with van der Waals surface area (Å²) in [5, 5.41) is 3.27. The number of nitrogens with zero attached hydrogens (tertiary/aromatic N) is 3. The van der Waals surface area contributed by atoms with Crippen molar-refractivity contribution in [2.45, 2.75) is 19.9 Å². The van der Waals surface area contributed by atoms with Gasteiger partial charge in [-0.3, -0.25) is 9.78 Å². The van der Waals surface area contributed by atoms with Crippen molar-refractivity contribution in [3.63, 3.8) is 0 Å². The fourth-order valence-corrected chi connectivity index (χ4v) is 2.15. The average Bonchev–Trinajstić information content (AvgIpc) is 2.39. The molecule has 19 heavy (non-hydrogen) atoms. The first-order valence-electron chi connectivity index (χ1n) is 6.93. The zero-order chi connectivity index (χ0) is 13.7. The molecule has 0 atom stereocenters. The van der Waals surface area contributed by atoms with Crippen LogP contribution in [0.1, 0.15) is 19.0 Å². The largest absolute Gasteiger partial charge is 0.340 e. The molecule has 0 saturated carbocycles. The average molecular weight is 265 g/mol. The number of anilines is 1. The molecule has 0 aromatic carbocycles. The van der Waals surface area contributed by atoms with Gasteiger partial charge in [0.15, 0.2) is 0 Å². The summed E-state index contributed by atoms with van der Waals surface area (Å²) < 4.78 is 0. The minimum Gasteiger partial charge on any atom is -0.340 e. The van der Waals surface area contributed by atoms with Gasteiger partial charge in [0.1, 0.15) is 0 Å². The molecule has 0 spiro atoms. The van der Waals surface area contributed by atoms with E-state index < -0.39 is 0 Å². The van der Waals surface area contributed by atoms with Crippen molar-refractivity contribution in [3.8, 4) is 0 Å². The maximum absolute atomic E-state index is 11.7. The topological polar surface area (TPSA) is 64.3 Å². The first-order chi connectivity index (χ1) is 9.19. The zero-order valence-corrected chi connectivity index (χ0v) is 11.8. The number of H-pyrrole nitrogens is 1. The highest BCUT2D eigenvalue weighted by molar-refractivity contribution is 5.31. The van der Waals surface area contributed by atoms with Crippen LogP contribution in [0, 0.1) is 0 Å². The third-order valence-electron chi connectivity index (χ3n) is 3.32. The number of likely N-dealkylation sites (N-methyl/N-ethyl adjacent to an activating group) is 1. The van der Waals surface area contributed by atoms with Crippen LogP contribution in [0.4, 0.5) is 5.95 Å². The molecule has 0 amide bonds. The molecule has 1 saturated heterocycles. The van der Waals surface area contributed by atoms with Crippen molar-refractivity contribution in [2.24, 2.45) is 0 Å². The molecule has 2 heterocycles. The normalized spacial score (nSPS) is 16.8. The lowest BCUT2D eigenvalue weighted by atomic mass is 10.3. The molecule has 1 fully saturated rings. The maximum atomic E-state index is 11.7. The first kappa shape index (κ1) is 14.0. The Kier molecular flexibility index (Phi) is 4.93. The number of nitrogens with one attached hydrogen (secondary N) is 2. The van der Waals surface area contributed by atoms with Gasteiger partial charge in [0, 0.05) is 38.8 Å². The Morgan fingerprint density at radius 3 is 2.79 bits per heavy atom. The van der Waals surface area contributed by atoms with Gasteiger partial charge >= 0.3 is 0 Å². The van der Waals surface area contributed by atoms with Crippen molar-refractivity contribution in [1.29, 1.82) is 0 Å². The second-order valence-electron chi connectivity index (χ2n) is 5.03. The fourth-order valence-electron chi connectivity index (χ4n) is 2.15. The number of piperazine rings is 1. The summed E-state index contributed by atoms with van der Waals surface area (Å²) in [6, 6.07) is 1.57. The number of rotatable bonds is 5. The van der Waals surface area contributed by atoms with E-state index >= 15 is 0 Å². The Morgan fingerprint density at radius 2 is 2.11 bits per heavy atom. The van der Waals surface area contributed by atoms with Crippen LogP contribution < -0.4 is 15.8 Å². The van der Waals surface area contributed by atoms with Gasteiger partial charge in [0.25, 0.3) is 5.56 Å². The summed E-state index contributed by atoms with van der Waals surface area (Å²) in [6.45, 7) is 7.53. The summed E-state index contributed by atoms with van der Waals surface area (Å²) in [5.74, 6) is 0.703. The number of aromatic amines is 1. The van der Waals surface area contributed by atoms with E-state index in [0.29, 0.717) is 12.5 Å². The van der Waals surface area contributed by atoms with Crippen molar-refractivity contribution in [1.82, 2.24) is 20.2 Å². The lowest BCUT2D eigenvalue weighted by molar-refractivity contribution is 0.311. The second-order valence-corrected chi connectivity index (χ2v) is 5.03. The minimum absolute atomic E-state index is 0.0720. The third-order valence-corrected chi connectivity index (χ3v) is 3.32. The highest BCUT2D eigenvalue weighted by Crippen LogP contribution is 2.08. The molecule has 2 rings (SSSR count). The molecular formula is C13H23N5O. The molecule has 1 aliphatic heterocycles. The SMILES string of the molecule is CCCNCc1cc(=O)[nH]c(N2CCN(C)CC2)n1. The number of hydrogen-bond donors (Lipinski definition) is 2. The maximum Gasteiger partial charge on any atom is 0.252 e. The van der Waals surface area contributed by atoms with E-state index in [1.807, 2.05) is 0 Å². The number of hydrogen-bond acceptors (Lipinski definition) is 5. The van der Waals surface area contributed by atoms with Crippen LogP contribution in [0.25, 0.3) is 0 Å². The second kappa shape index (κ2) is 6.68. The van der Waals surface area contributed by atoms with E-state index in [1.54, 1.807) is 6.07 Å². The molecule has 0 aliphatic carbocycles. The molecule has 6 heteroatoms. The van der Waals surface area contributed by atoms with Crippen LogP contribution in [-0.2, 0) is 6.54 Å². The standard InChI is InChI=1S/C13H23N5O/c1-3-4-14-10-11-9-12(19)16-13(15-11)18-7-5-17(2)6-8-18/h9,14H,3-8,10H2,1-2H3,(H,15,16,19). The van der Waals surface area contributed by atoms with Gasteiger partial charge in [0.05, 0.1) is 5.69 Å². The Labute approximate surface area is 113 Å². The lowest BCUT2D eigenvalue weighted by Crippen LogP contribution is -2.45. The smallest absolute Gasteiger partial charge is 0.252 e. The van der Waals surface area contributed by atoms with Crippen molar-refractivity contribution in [3.05, 3.63) is 22.1 Å². The number of aromatic nitrogens is 2. The Bertz CT molecular complexity index is 451. The lowest BCUT2D eigenvalue weighted by Gasteiger charge is -2.32. The Morgan fingerprint density at radius 1 is 1.37 bits per heavy atom.